The molecular weight excluding hydrogens is 212 g/mol. The minimum absolute atomic E-state index is 0.323. The summed E-state index contributed by atoms with van der Waals surface area (Å²) in [6.07, 6.45) is 5.13. The van der Waals surface area contributed by atoms with Gasteiger partial charge in [0, 0.05) is 19.5 Å². The Morgan fingerprint density at radius 2 is 2.00 bits per heavy atom. The van der Waals surface area contributed by atoms with Gasteiger partial charge in [0.05, 0.1) is 0 Å². The average Bonchev–Trinajstić information content (AvgIpc) is 2.36. The highest BCUT2D eigenvalue weighted by molar-refractivity contribution is 5.76. The fourth-order valence-corrected chi connectivity index (χ4v) is 2.30. The van der Waals surface area contributed by atoms with E-state index in [0.29, 0.717) is 30.2 Å². The first-order chi connectivity index (χ1) is 8.00. The Morgan fingerprint density at radius 3 is 2.47 bits per heavy atom. The zero-order valence-corrected chi connectivity index (χ0v) is 11.7. The third-order valence-corrected chi connectivity index (χ3v) is 4.43. The highest BCUT2D eigenvalue weighted by Crippen LogP contribution is 2.34. The maximum atomic E-state index is 12.0. The van der Waals surface area contributed by atoms with Crippen molar-refractivity contribution < 1.29 is 4.79 Å². The van der Waals surface area contributed by atoms with Crippen LogP contribution in [-0.4, -0.2) is 30.4 Å². The fourth-order valence-electron chi connectivity index (χ4n) is 2.30. The van der Waals surface area contributed by atoms with Crippen molar-refractivity contribution in [2.75, 3.05) is 19.6 Å². The van der Waals surface area contributed by atoms with E-state index < -0.39 is 0 Å². The third-order valence-electron chi connectivity index (χ3n) is 4.43. The van der Waals surface area contributed by atoms with E-state index in [9.17, 15) is 4.79 Å². The predicted octanol–water partition coefficient (Wildman–Crippen LogP) is 2.40. The second-order valence-corrected chi connectivity index (χ2v) is 5.92. The highest BCUT2D eigenvalue weighted by atomic mass is 16.2. The molecule has 0 aliphatic carbocycles. The summed E-state index contributed by atoms with van der Waals surface area (Å²) in [5.41, 5.74) is 6.03. The first kappa shape index (κ1) is 14.5. The molecule has 1 unspecified atom stereocenters. The number of carbonyl (C=O) groups is 1. The monoisotopic (exact) mass is 240 g/mol. The Kier molecular flexibility index (Phi) is 5.44. The molecule has 1 saturated heterocycles. The second kappa shape index (κ2) is 6.39. The van der Waals surface area contributed by atoms with Crippen molar-refractivity contribution in [1.29, 1.82) is 0 Å². The van der Waals surface area contributed by atoms with Crippen LogP contribution in [0.3, 0.4) is 0 Å². The first-order valence-corrected chi connectivity index (χ1v) is 6.98. The van der Waals surface area contributed by atoms with E-state index in [-0.39, 0.29) is 0 Å². The molecular formula is C14H28N2O. The third kappa shape index (κ3) is 4.30. The zero-order chi connectivity index (χ0) is 12.9. The van der Waals surface area contributed by atoms with Crippen LogP contribution in [0, 0.1) is 11.3 Å². The van der Waals surface area contributed by atoms with Crippen LogP contribution < -0.4 is 5.73 Å². The molecule has 0 spiro atoms. The smallest absolute Gasteiger partial charge is 0.222 e. The van der Waals surface area contributed by atoms with Gasteiger partial charge < -0.3 is 10.6 Å². The number of nitrogens with two attached hydrogens (primary N) is 1. The van der Waals surface area contributed by atoms with Crippen molar-refractivity contribution in [2.24, 2.45) is 17.1 Å². The van der Waals surface area contributed by atoms with E-state index >= 15 is 0 Å². The molecule has 17 heavy (non-hydrogen) atoms. The van der Waals surface area contributed by atoms with Gasteiger partial charge in [-0.25, -0.2) is 0 Å². The van der Waals surface area contributed by atoms with Gasteiger partial charge in [-0.1, -0.05) is 27.2 Å². The molecule has 0 saturated carbocycles. The lowest BCUT2D eigenvalue weighted by Gasteiger charge is -2.39. The number of hydrogen-bond acceptors (Lipinski definition) is 2. The Labute approximate surface area is 106 Å². The molecule has 0 aromatic heterocycles. The van der Waals surface area contributed by atoms with Gasteiger partial charge in [0.15, 0.2) is 0 Å². The van der Waals surface area contributed by atoms with E-state index in [0.717, 1.165) is 32.4 Å². The van der Waals surface area contributed by atoms with Gasteiger partial charge in [0.1, 0.15) is 0 Å². The van der Waals surface area contributed by atoms with Crippen molar-refractivity contribution in [3.05, 3.63) is 0 Å². The molecule has 3 nitrogen and oxygen atoms in total. The first-order valence-electron chi connectivity index (χ1n) is 6.98. The normalized spacial score (nSPS) is 21.3. The van der Waals surface area contributed by atoms with Crippen LogP contribution in [0.5, 0.6) is 0 Å². The van der Waals surface area contributed by atoms with Crippen molar-refractivity contribution in [1.82, 2.24) is 4.90 Å². The van der Waals surface area contributed by atoms with Gasteiger partial charge >= 0.3 is 0 Å². The number of nitrogens with zero attached hydrogens (tertiary/aromatic N) is 1. The minimum Gasteiger partial charge on any atom is -0.343 e. The van der Waals surface area contributed by atoms with Crippen molar-refractivity contribution in [3.63, 3.8) is 0 Å². The van der Waals surface area contributed by atoms with Crippen LogP contribution >= 0.6 is 0 Å². The maximum absolute atomic E-state index is 12.0. The van der Waals surface area contributed by atoms with Gasteiger partial charge in [-0.15, -0.1) is 0 Å². The number of rotatable bonds is 5. The van der Waals surface area contributed by atoms with Gasteiger partial charge in [-0.3, -0.25) is 4.79 Å². The quantitative estimate of drug-likeness (QED) is 0.802. The van der Waals surface area contributed by atoms with Gasteiger partial charge in [-0.05, 0) is 37.1 Å². The number of piperidine rings is 1. The maximum Gasteiger partial charge on any atom is 0.222 e. The molecule has 1 atom stereocenters. The molecule has 1 rings (SSSR count). The average molecular weight is 240 g/mol. The zero-order valence-electron chi connectivity index (χ0n) is 11.7. The Bertz CT molecular complexity index is 245. The summed E-state index contributed by atoms with van der Waals surface area (Å²) < 4.78 is 0. The summed E-state index contributed by atoms with van der Waals surface area (Å²) >= 11 is 0. The van der Waals surface area contributed by atoms with E-state index in [1.165, 1.54) is 6.42 Å². The van der Waals surface area contributed by atoms with Crippen LogP contribution in [0.1, 0.15) is 52.9 Å². The predicted molar refractivity (Wildman–Crippen MR) is 71.7 cm³/mol. The lowest BCUT2D eigenvalue weighted by Crippen LogP contribution is -2.42. The topological polar surface area (TPSA) is 46.3 Å². The summed E-state index contributed by atoms with van der Waals surface area (Å²) in [6.45, 7) is 9.27. The van der Waals surface area contributed by atoms with E-state index in [1.807, 2.05) is 4.90 Å². The molecule has 3 heteroatoms. The molecule has 1 aliphatic heterocycles. The Balaban J connectivity index is 2.31. The van der Waals surface area contributed by atoms with Crippen LogP contribution in [-0.2, 0) is 4.79 Å². The summed E-state index contributed by atoms with van der Waals surface area (Å²) in [6, 6.07) is 0. The largest absolute Gasteiger partial charge is 0.343 e. The van der Waals surface area contributed by atoms with Gasteiger partial charge in [0.25, 0.3) is 0 Å². The van der Waals surface area contributed by atoms with E-state index in [2.05, 4.69) is 20.8 Å². The van der Waals surface area contributed by atoms with Crippen LogP contribution in [0.2, 0.25) is 0 Å². The number of hydrogen-bond donors (Lipinski definition) is 1. The molecule has 2 N–H and O–H groups in total. The SMILES string of the molecule is CCC1(C)CCN(C(=O)CCC(C)CN)CC1. The molecule has 0 bridgehead atoms. The summed E-state index contributed by atoms with van der Waals surface area (Å²) in [7, 11) is 0. The minimum atomic E-state index is 0.323. The molecule has 1 fully saturated rings. The van der Waals surface area contributed by atoms with Crippen LogP contribution in [0.25, 0.3) is 0 Å². The molecule has 0 radical (unpaired) electrons. The van der Waals surface area contributed by atoms with E-state index in [4.69, 9.17) is 5.73 Å². The van der Waals surface area contributed by atoms with Crippen molar-refractivity contribution >= 4 is 5.91 Å². The molecule has 0 aromatic carbocycles. The highest BCUT2D eigenvalue weighted by Gasteiger charge is 2.29. The van der Waals surface area contributed by atoms with Gasteiger partial charge in [-0.2, -0.15) is 0 Å². The molecule has 100 valence electrons. The van der Waals surface area contributed by atoms with Crippen molar-refractivity contribution in [3.8, 4) is 0 Å². The van der Waals surface area contributed by atoms with E-state index in [1.54, 1.807) is 0 Å². The van der Waals surface area contributed by atoms with Gasteiger partial charge in [0.2, 0.25) is 5.91 Å². The second-order valence-electron chi connectivity index (χ2n) is 5.92. The number of carbonyl (C=O) groups excluding carboxylic acids is 1. The Hall–Kier alpha value is -0.570. The molecule has 1 heterocycles. The lowest BCUT2D eigenvalue weighted by atomic mass is 9.78. The summed E-state index contributed by atoms with van der Waals surface area (Å²) in [5, 5.41) is 0. The molecule has 0 aromatic rings. The molecule has 1 amide bonds. The van der Waals surface area contributed by atoms with Crippen molar-refractivity contribution in [2.45, 2.75) is 52.9 Å². The summed E-state index contributed by atoms with van der Waals surface area (Å²) in [4.78, 5) is 14.0. The number of amides is 1. The molecule has 1 aliphatic rings. The standard InChI is InChI=1S/C14H28N2O/c1-4-14(3)7-9-16(10-8-14)13(17)6-5-12(2)11-15/h12H,4-11,15H2,1-3H3. The van der Waals surface area contributed by atoms with Crippen LogP contribution in [0.4, 0.5) is 0 Å². The van der Waals surface area contributed by atoms with Crippen LogP contribution in [0.15, 0.2) is 0 Å². The number of likely N-dealkylation sites (tertiary alicyclic amines) is 1. The summed E-state index contributed by atoms with van der Waals surface area (Å²) in [5.74, 6) is 0.785. The fraction of sp³-hybridized carbons (Fsp3) is 0.929. The Morgan fingerprint density at radius 1 is 1.41 bits per heavy atom. The lowest BCUT2D eigenvalue weighted by molar-refractivity contribution is -0.133.